The van der Waals surface area contributed by atoms with E-state index < -0.39 is 27.5 Å². The Labute approximate surface area is 200 Å². The van der Waals surface area contributed by atoms with Gasteiger partial charge in [0.2, 0.25) is 16.0 Å². The quantitative estimate of drug-likeness (QED) is 0.488. The van der Waals surface area contributed by atoms with Gasteiger partial charge in [-0.05, 0) is 56.4 Å². The Morgan fingerprint density at radius 3 is 2.63 bits per heavy atom. The maximum Gasteiger partial charge on any atom is 0.416 e. The van der Waals surface area contributed by atoms with Gasteiger partial charge >= 0.3 is 6.18 Å². The largest absolute Gasteiger partial charge is 0.507 e. The van der Waals surface area contributed by atoms with Crippen LogP contribution in [0.4, 0.5) is 19.1 Å². The van der Waals surface area contributed by atoms with Crippen molar-refractivity contribution in [2.24, 2.45) is 5.92 Å². The number of aromatic nitrogens is 4. The van der Waals surface area contributed by atoms with Gasteiger partial charge in [-0.1, -0.05) is 13.3 Å². The second-order valence-corrected chi connectivity index (χ2v) is 10.9. The number of nitrogens with zero attached hydrogens (tertiary/aromatic N) is 4. The van der Waals surface area contributed by atoms with Crippen LogP contribution in [-0.4, -0.2) is 51.4 Å². The van der Waals surface area contributed by atoms with Crippen molar-refractivity contribution >= 4 is 21.7 Å². The van der Waals surface area contributed by atoms with Crippen molar-refractivity contribution in [2.45, 2.75) is 52.3 Å². The molecule has 1 aliphatic rings. The molecule has 1 fully saturated rings. The number of aryl methyl sites for hydroxylation is 2. The molecule has 0 bridgehead atoms. The highest BCUT2D eigenvalue weighted by molar-refractivity contribution is 7.89. The number of phenolic OH excluding ortho intramolecular Hbond substituents is 1. The molecule has 9 nitrogen and oxygen atoms in total. The molecule has 0 saturated carbocycles. The van der Waals surface area contributed by atoms with Gasteiger partial charge in [0.15, 0.2) is 0 Å². The molecular weight excluding hydrogens is 485 g/mol. The van der Waals surface area contributed by atoms with Crippen LogP contribution in [0.3, 0.4) is 0 Å². The predicted octanol–water partition coefficient (Wildman–Crippen LogP) is 3.65. The Bertz CT molecular complexity index is 1330. The van der Waals surface area contributed by atoms with Crippen LogP contribution in [0.25, 0.3) is 17.0 Å². The zero-order chi connectivity index (χ0) is 25.5. The number of anilines is 1. The van der Waals surface area contributed by atoms with E-state index in [4.69, 9.17) is 0 Å². The molecule has 0 aliphatic carbocycles. The number of hydrogen-bond acceptors (Lipinski definition) is 7. The second kappa shape index (κ2) is 9.26. The summed E-state index contributed by atoms with van der Waals surface area (Å²) in [5, 5.41) is 17.7. The first kappa shape index (κ1) is 25.2. The van der Waals surface area contributed by atoms with E-state index in [1.165, 1.54) is 11.4 Å². The molecule has 35 heavy (non-hydrogen) atoms. The fourth-order valence-electron chi connectivity index (χ4n) is 4.37. The molecular formula is C22H27F3N6O3S. The highest BCUT2D eigenvalue weighted by atomic mass is 32.2. The SMILES string of the molecule is Cc1cc(C(F)(F)F)cc(O)c1-c1cc(C)n2nc(NCC3CCCC(C)CS(=O)(=O)N3)nc2n1. The van der Waals surface area contributed by atoms with E-state index in [2.05, 4.69) is 25.1 Å². The number of sulfonamides is 1. The molecule has 2 atom stereocenters. The van der Waals surface area contributed by atoms with Crippen molar-refractivity contribution in [3.63, 3.8) is 0 Å². The van der Waals surface area contributed by atoms with Gasteiger partial charge in [-0.2, -0.15) is 22.7 Å². The lowest BCUT2D eigenvalue weighted by atomic mass is 10.00. The molecule has 1 saturated heterocycles. The van der Waals surface area contributed by atoms with E-state index >= 15 is 0 Å². The first-order chi connectivity index (χ1) is 16.3. The third-order valence-electron chi connectivity index (χ3n) is 5.99. The predicted molar refractivity (Wildman–Crippen MR) is 125 cm³/mol. The van der Waals surface area contributed by atoms with Crippen molar-refractivity contribution in [2.75, 3.05) is 17.6 Å². The number of rotatable bonds is 4. The van der Waals surface area contributed by atoms with Crippen molar-refractivity contribution < 1.29 is 26.7 Å². The van der Waals surface area contributed by atoms with Gasteiger partial charge in [-0.3, -0.25) is 0 Å². The fourth-order valence-corrected chi connectivity index (χ4v) is 6.09. The van der Waals surface area contributed by atoms with Crippen LogP contribution in [0.15, 0.2) is 18.2 Å². The minimum atomic E-state index is -4.58. The van der Waals surface area contributed by atoms with Gasteiger partial charge in [-0.15, -0.1) is 5.10 Å². The van der Waals surface area contributed by atoms with Crippen LogP contribution in [0.5, 0.6) is 5.75 Å². The standard InChI is InChI=1S/C22H27F3N6O3S/c1-12-5-4-6-16(30-35(33,34)11-12)10-26-20-28-21-27-17(8-14(3)31(21)29-20)19-13(2)7-15(9-18(19)32)22(23,24)25/h7-9,12,16,30,32H,4-6,10-11H2,1-3H3,(H,26,29). The summed E-state index contributed by atoms with van der Waals surface area (Å²) < 4.78 is 68.0. The number of aromatic hydroxyl groups is 1. The number of nitrogens with one attached hydrogen (secondary N) is 2. The Balaban J connectivity index is 1.58. The molecule has 13 heteroatoms. The summed E-state index contributed by atoms with van der Waals surface area (Å²) in [6.45, 7) is 5.42. The van der Waals surface area contributed by atoms with Crippen LogP contribution in [0.2, 0.25) is 0 Å². The van der Waals surface area contributed by atoms with Gasteiger partial charge in [0, 0.05) is 23.8 Å². The maximum absolute atomic E-state index is 13.1. The zero-order valence-electron chi connectivity index (χ0n) is 19.5. The Morgan fingerprint density at radius 2 is 1.94 bits per heavy atom. The van der Waals surface area contributed by atoms with Crippen LogP contribution in [-0.2, 0) is 16.2 Å². The van der Waals surface area contributed by atoms with Gasteiger partial charge in [0.1, 0.15) is 5.75 Å². The second-order valence-electron chi connectivity index (χ2n) is 9.13. The zero-order valence-corrected chi connectivity index (χ0v) is 20.3. The minimum absolute atomic E-state index is 0.0955. The van der Waals surface area contributed by atoms with Gasteiger partial charge < -0.3 is 10.4 Å². The van der Waals surface area contributed by atoms with Crippen LogP contribution in [0.1, 0.15) is 43.0 Å². The number of fused-ring (bicyclic) bond motifs is 1. The normalized spacial score (nSPS) is 21.0. The average Bonchev–Trinajstić information content (AvgIpc) is 3.13. The average molecular weight is 513 g/mol. The molecule has 0 amide bonds. The number of halogens is 3. The van der Waals surface area contributed by atoms with Crippen molar-refractivity contribution in [3.05, 3.63) is 35.0 Å². The molecule has 2 unspecified atom stereocenters. The van der Waals surface area contributed by atoms with Crippen molar-refractivity contribution in [1.29, 1.82) is 0 Å². The van der Waals surface area contributed by atoms with E-state index in [0.29, 0.717) is 18.2 Å². The van der Waals surface area contributed by atoms with E-state index in [9.17, 15) is 26.7 Å². The van der Waals surface area contributed by atoms with Gasteiger partial charge in [0.05, 0.1) is 17.0 Å². The number of benzene rings is 1. The minimum Gasteiger partial charge on any atom is -0.507 e. The van der Waals surface area contributed by atoms with Gasteiger partial charge in [0.25, 0.3) is 5.78 Å². The summed E-state index contributed by atoms with van der Waals surface area (Å²) in [5.74, 6) is 0.0990. The number of alkyl halides is 3. The van der Waals surface area contributed by atoms with Gasteiger partial charge in [-0.25, -0.2) is 18.1 Å². The molecule has 0 spiro atoms. The first-order valence-electron chi connectivity index (χ1n) is 11.2. The molecule has 0 radical (unpaired) electrons. The van der Waals surface area contributed by atoms with E-state index in [-0.39, 0.29) is 52.8 Å². The number of hydrogen-bond donors (Lipinski definition) is 3. The molecule has 3 N–H and O–H groups in total. The summed E-state index contributed by atoms with van der Waals surface area (Å²) in [7, 11) is -3.38. The Kier molecular flexibility index (Phi) is 6.66. The van der Waals surface area contributed by atoms with Crippen LogP contribution in [0, 0.1) is 19.8 Å². The lowest BCUT2D eigenvalue weighted by molar-refractivity contribution is -0.137. The lowest BCUT2D eigenvalue weighted by Crippen LogP contribution is -2.43. The van der Waals surface area contributed by atoms with Crippen molar-refractivity contribution in [1.82, 2.24) is 24.3 Å². The highest BCUT2D eigenvalue weighted by Gasteiger charge is 2.32. The third-order valence-corrected chi connectivity index (χ3v) is 7.69. The summed E-state index contributed by atoms with van der Waals surface area (Å²) in [6, 6.07) is 2.93. The maximum atomic E-state index is 13.1. The summed E-state index contributed by atoms with van der Waals surface area (Å²) in [6.07, 6.45) is -2.16. The molecule has 3 heterocycles. The first-order valence-corrected chi connectivity index (χ1v) is 12.9. The molecule has 3 aromatic rings. The van der Waals surface area contributed by atoms with E-state index in [0.717, 1.165) is 18.9 Å². The molecule has 2 aromatic heterocycles. The van der Waals surface area contributed by atoms with E-state index in [1.54, 1.807) is 13.0 Å². The van der Waals surface area contributed by atoms with Crippen LogP contribution < -0.4 is 10.0 Å². The Morgan fingerprint density at radius 1 is 1.20 bits per heavy atom. The monoisotopic (exact) mass is 512 g/mol. The molecule has 4 rings (SSSR count). The molecule has 1 aromatic carbocycles. The molecule has 190 valence electrons. The fraction of sp³-hybridized carbons (Fsp3) is 0.500. The Hall–Kier alpha value is -2.93. The van der Waals surface area contributed by atoms with E-state index in [1.807, 2.05) is 6.92 Å². The summed E-state index contributed by atoms with van der Waals surface area (Å²) in [4.78, 5) is 8.73. The lowest BCUT2D eigenvalue weighted by Gasteiger charge is -2.24. The third kappa shape index (κ3) is 5.67. The highest BCUT2D eigenvalue weighted by Crippen LogP contribution is 2.38. The summed E-state index contributed by atoms with van der Waals surface area (Å²) >= 11 is 0. The molecule has 1 aliphatic heterocycles. The summed E-state index contributed by atoms with van der Waals surface area (Å²) in [5.41, 5.74) is 0.323. The topological polar surface area (TPSA) is 122 Å². The smallest absolute Gasteiger partial charge is 0.416 e. The van der Waals surface area contributed by atoms with Crippen molar-refractivity contribution in [3.8, 4) is 17.0 Å². The number of phenols is 1. The van der Waals surface area contributed by atoms with Crippen LogP contribution >= 0.6 is 0 Å².